The molecule has 1 aromatic rings. The quantitative estimate of drug-likeness (QED) is 0.687. The first-order valence-corrected chi connectivity index (χ1v) is 7.28. The Morgan fingerprint density at radius 2 is 1.84 bits per heavy atom. The van der Waals surface area contributed by atoms with E-state index < -0.39 is 0 Å². The molecule has 2 rings (SSSR count). The van der Waals surface area contributed by atoms with Gasteiger partial charge >= 0.3 is 0 Å². The van der Waals surface area contributed by atoms with Crippen molar-refractivity contribution < 1.29 is 0 Å². The number of nitrogens with zero attached hydrogens (tertiary/aromatic N) is 2. The molecule has 5 nitrogen and oxygen atoms in total. The molecule has 0 amide bonds. The van der Waals surface area contributed by atoms with Crippen molar-refractivity contribution in [1.82, 2.24) is 15.3 Å². The fraction of sp³-hybridized carbons (Fsp3) is 0.714. The van der Waals surface area contributed by atoms with Crippen LogP contribution in [0.4, 0.5) is 11.6 Å². The molecule has 0 radical (unpaired) electrons. The summed E-state index contributed by atoms with van der Waals surface area (Å²) >= 11 is 0. The largest absolute Gasteiger partial charge is 0.369 e. The molecule has 0 atom stereocenters. The third-order valence-corrected chi connectivity index (χ3v) is 3.48. The summed E-state index contributed by atoms with van der Waals surface area (Å²) in [6.45, 7) is 3.74. The van der Waals surface area contributed by atoms with E-state index in [1.807, 2.05) is 20.0 Å². The van der Waals surface area contributed by atoms with E-state index in [4.69, 9.17) is 0 Å². The van der Waals surface area contributed by atoms with Crippen LogP contribution in [-0.4, -0.2) is 36.1 Å². The summed E-state index contributed by atoms with van der Waals surface area (Å²) < 4.78 is 0. The zero-order chi connectivity index (χ0) is 13.5. The molecule has 1 aliphatic carbocycles. The molecule has 1 aromatic heterocycles. The average molecular weight is 263 g/mol. The minimum atomic E-state index is 0.577. The van der Waals surface area contributed by atoms with Crippen LogP contribution in [0.25, 0.3) is 0 Å². The van der Waals surface area contributed by atoms with Crippen LogP contribution in [0.3, 0.4) is 0 Å². The smallest absolute Gasteiger partial charge is 0.132 e. The van der Waals surface area contributed by atoms with E-state index in [-0.39, 0.29) is 0 Å². The van der Waals surface area contributed by atoms with Crippen molar-refractivity contribution in [3.8, 4) is 0 Å². The van der Waals surface area contributed by atoms with Gasteiger partial charge in [0.05, 0.1) is 0 Å². The number of hydrogen-bond donors (Lipinski definition) is 3. The molecule has 1 heterocycles. The number of nitrogens with one attached hydrogen (secondary N) is 3. The lowest BCUT2D eigenvalue weighted by Crippen LogP contribution is -2.23. The van der Waals surface area contributed by atoms with E-state index in [0.717, 1.165) is 30.5 Å². The number of likely N-dealkylation sites (N-methyl/N-ethyl adjacent to an activating group) is 1. The number of aryl methyl sites for hydroxylation is 1. The minimum absolute atomic E-state index is 0.577. The second-order valence-corrected chi connectivity index (χ2v) is 5.20. The molecule has 3 N–H and O–H groups in total. The molecular weight excluding hydrogens is 238 g/mol. The van der Waals surface area contributed by atoms with Crippen molar-refractivity contribution >= 4 is 11.6 Å². The topological polar surface area (TPSA) is 61.9 Å². The van der Waals surface area contributed by atoms with Crippen LogP contribution in [0.2, 0.25) is 0 Å². The van der Waals surface area contributed by atoms with Gasteiger partial charge in [0.2, 0.25) is 0 Å². The molecule has 106 valence electrons. The first-order valence-electron chi connectivity index (χ1n) is 7.28. The fourth-order valence-corrected chi connectivity index (χ4v) is 2.50. The number of aromatic nitrogens is 2. The Bertz CT molecular complexity index is 387. The first kappa shape index (κ1) is 14.1. The number of anilines is 2. The lowest BCUT2D eigenvalue weighted by atomic mass is 9.95. The fourth-order valence-electron chi connectivity index (χ4n) is 2.50. The lowest BCUT2D eigenvalue weighted by Gasteiger charge is -2.23. The van der Waals surface area contributed by atoms with Gasteiger partial charge in [-0.3, -0.25) is 0 Å². The summed E-state index contributed by atoms with van der Waals surface area (Å²) in [5.74, 6) is 2.67. The van der Waals surface area contributed by atoms with Gasteiger partial charge in [0, 0.05) is 25.2 Å². The molecule has 0 spiro atoms. The third kappa shape index (κ3) is 4.67. The molecule has 5 heteroatoms. The standard InChI is InChI=1S/C14H25N5/c1-11-17-13(16-9-8-15-2)10-14(18-11)19-12-6-4-3-5-7-12/h10,12,15H,3-9H2,1-2H3,(H2,16,17,18,19). The van der Waals surface area contributed by atoms with Crippen molar-refractivity contribution in [2.45, 2.75) is 45.1 Å². The van der Waals surface area contributed by atoms with E-state index in [1.165, 1.54) is 32.1 Å². The van der Waals surface area contributed by atoms with Crippen LogP contribution < -0.4 is 16.0 Å². The van der Waals surface area contributed by atoms with E-state index in [1.54, 1.807) is 0 Å². The van der Waals surface area contributed by atoms with Crippen molar-refractivity contribution in [3.05, 3.63) is 11.9 Å². The summed E-state index contributed by atoms with van der Waals surface area (Å²) in [5.41, 5.74) is 0. The van der Waals surface area contributed by atoms with Gasteiger partial charge in [-0.2, -0.15) is 0 Å². The maximum absolute atomic E-state index is 4.48. The maximum atomic E-state index is 4.48. The van der Waals surface area contributed by atoms with Crippen molar-refractivity contribution in [1.29, 1.82) is 0 Å². The van der Waals surface area contributed by atoms with Crippen LogP contribution in [0.5, 0.6) is 0 Å². The Balaban J connectivity index is 1.95. The molecule has 1 aliphatic rings. The normalized spacial score (nSPS) is 16.3. The van der Waals surface area contributed by atoms with Gasteiger partial charge in [-0.25, -0.2) is 9.97 Å². The number of hydrogen-bond acceptors (Lipinski definition) is 5. The SMILES string of the molecule is CNCCNc1cc(NC2CCCCC2)nc(C)n1. The monoisotopic (exact) mass is 263 g/mol. The van der Waals surface area contributed by atoms with Crippen LogP contribution in [0.15, 0.2) is 6.07 Å². The minimum Gasteiger partial charge on any atom is -0.369 e. The van der Waals surface area contributed by atoms with E-state index in [9.17, 15) is 0 Å². The van der Waals surface area contributed by atoms with Gasteiger partial charge in [0.1, 0.15) is 17.5 Å². The molecule has 0 aromatic carbocycles. The average Bonchev–Trinajstić information content (AvgIpc) is 2.39. The van der Waals surface area contributed by atoms with Crippen molar-refractivity contribution in [3.63, 3.8) is 0 Å². The van der Waals surface area contributed by atoms with Crippen LogP contribution in [0.1, 0.15) is 37.9 Å². The third-order valence-electron chi connectivity index (χ3n) is 3.48. The Hall–Kier alpha value is -1.36. The Morgan fingerprint density at radius 1 is 1.11 bits per heavy atom. The van der Waals surface area contributed by atoms with Gasteiger partial charge in [-0.1, -0.05) is 19.3 Å². The summed E-state index contributed by atoms with van der Waals surface area (Å²) in [4.78, 5) is 8.89. The molecular formula is C14H25N5. The first-order chi connectivity index (χ1) is 9.28. The van der Waals surface area contributed by atoms with E-state index in [2.05, 4.69) is 25.9 Å². The summed E-state index contributed by atoms with van der Waals surface area (Å²) in [6, 6.07) is 2.59. The summed E-state index contributed by atoms with van der Waals surface area (Å²) in [6.07, 6.45) is 6.54. The predicted molar refractivity (Wildman–Crippen MR) is 79.7 cm³/mol. The lowest BCUT2D eigenvalue weighted by molar-refractivity contribution is 0.462. The van der Waals surface area contributed by atoms with Gasteiger partial charge < -0.3 is 16.0 Å². The summed E-state index contributed by atoms with van der Waals surface area (Å²) in [5, 5.41) is 9.97. The zero-order valence-electron chi connectivity index (χ0n) is 12.0. The highest BCUT2D eigenvalue weighted by Gasteiger charge is 2.14. The van der Waals surface area contributed by atoms with Gasteiger partial charge in [-0.05, 0) is 26.8 Å². The molecule has 1 saturated carbocycles. The Kier molecular flexibility index (Phi) is 5.39. The van der Waals surface area contributed by atoms with Crippen molar-refractivity contribution in [2.24, 2.45) is 0 Å². The van der Waals surface area contributed by atoms with Crippen LogP contribution in [0, 0.1) is 6.92 Å². The highest BCUT2D eigenvalue weighted by Crippen LogP contribution is 2.21. The van der Waals surface area contributed by atoms with Crippen LogP contribution in [-0.2, 0) is 0 Å². The predicted octanol–water partition coefficient (Wildman–Crippen LogP) is 2.16. The van der Waals surface area contributed by atoms with Crippen molar-refractivity contribution in [2.75, 3.05) is 30.8 Å². The Morgan fingerprint density at radius 3 is 2.58 bits per heavy atom. The van der Waals surface area contributed by atoms with E-state index >= 15 is 0 Å². The molecule has 0 aliphatic heterocycles. The second kappa shape index (κ2) is 7.28. The van der Waals surface area contributed by atoms with Crippen LogP contribution >= 0.6 is 0 Å². The van der Waals surface area contributed by atoms with Gasteiger partial charge in [0.15, 0.2) is 0 Å². The molecule has 1 fully saturated rings. The van der Waals surface area contributed by atoms with Gasteiger partial charge in [-0.15, -0.1) is 0 Å². The number of rotatable bonds is 6. The Labute approximate surface area is 115 Å². The maximum Gasteiger partial charge on any atom is 0.132 e. The van der Waals surface area contributed by atoms with Gasteiger partial charge in [0.25, 0.3) is 0 Å². The second-order valence-electron chi connectivity index (χ2n) is 5.20. The molecule has 0 bridgehead atoms. The highest BCUT2D eigenvalue weighted by molar-refractivity contribution is 5.48. The molecule has 19 heavy (non-hydrogen) atoms. The van der Waals surface area contributed by atoms with E-state index in [0.29, 0.717) is 6.04 Å². The highest BCUT2D eigenvalue weighted by atomic mass is 15.1. The summed E-state index contributed by atoms with van der Waals surface area (Å²) in [7, 11) is 1.95. The molecule has 0 unspecified atom stereocenters. The molecule has 0 saturated heterocycles. The zero-order valence-corrected chi connectivity index (χ0v) is 12.0.